The Kier molecular flexibility index (Phi) is 3.42. The highest BCUT2D eigenvalue weighted by Gasteiger charge is 2.16. The van der Waals surface area contributed by atoms with Crippen molar-refractivity contribution >= 4 is 0 Å². The van der Waals surface area contributed by atoms with E-state index in [1.165, 1.54) is 13.2 Å². The summed E-state index contributed by atoms with van der Waals surface area (Å²) in [7, 11) is 1.45. The third-order valence-corrected chi connectivity index (χ3v) is 3.09. The minimum absolute atomic E-state index is 0.00278. The van der Waals surface area contributed by atoms with Gasteiger partial charge in [-0.3, -0.25) is 0 Å². The lowest BCUT2D eigenvalue weighted by atomic mass is 9.92. The zero-order chi connectivity index (χ0) is 13.1. The Hall–Kier alpha value is -2.16. The first-order valence-corrected chi connectivity index (χ1v) is 5.78. The molecule has 1 unspecified atom stereocenters. The minimum atomic E-state index is 0.00278. The van der Waals surface area contributed by atoms with Crippen molar-refractivity contribution in [2.75, 3.05) is 7.11 Å². The Labute approximate surface area is 106 Å². The van der Waals surface area contributed by atoms with Crippen LogP contribution in [0.1, 0.15) is 24.0 Å². The molecule has 1 atom stereocenters. The van der Waals surface area contributed by atoms with Gasteiger partial charge in [0, 0.05) is 17.5 Å². The predicted octanol–water partition coefficient (Wildman–Crippen LogP) is 3.26. The summed E-state index contributed by atoms with van der Waals surface area (Å²) in [5, 5.41) is 19.8. The predicted molar refractivity (Wildman–Crippen MR) is 70.3 cm³/mol. The van der Waals surface area contributed by atoms with Crippen LogP contribution < -0.4 is 4.74 Å². The van der Waals surface area contributed by atoms with Crippen LogP contribution in [0, 0.1) is 0 Å². The monoisotopic (exact) mass is 244 g/mol. The van der Waals surface area contributed by atoms with E-state index in [2.05, 4.69) is 0 Å². The molecule has 0 saturated heterocycles. The average Bonchev–Trinajstić information content (AvgIpc) is 2.41. The van der Waals surface area contributed by atoms with Crippen LogP contribution in [0.25, 0.3) is 0 Å². The first kappa shape index (κ1) is 12.3. The zero-order valence-corrected chi connectivity index (χ0v) is 10.4. The first-order valence-electron chi connectivity index (χ1n) is 5.78. The van der Waals surface area contributed by atoms with Gasteiger partial charge in [0.1, 0.15) is 5.75 Å². The van der Waals surface area contributed by atoms with Gasteiger partial charge in [0.2, 0.25) is 0 Å². The van der Waals surface area contributed by atoms with Crippen LogP contribution in [0.4, 0.5) is 0 Å². The molecular formula is C15H16O3. The molecule has 0 fully saturated rings. The second kappa shape index (κ2) is 5.00. The Morgan fingerprint density at radius 1 is 1.00 bits per heavy atom. The lowest BCUT2D eigenvalue weighted by Crippen LogP contribution is -1.97. The number of aromatic hydroxyl groups is 2. The number of ether oxygens (including phenoxy) is 1. The van der Waals surface area contributed by atoms with E-state index in [4.69, 9.17) is 4.74 Å². The molecule has 2 rings (SSSR count). The Balaban J connectivity index is 2.43. The molecule has 0 amide bonds. The summed E-state index contributed by atoms with van der Waals surface area (Å²) in [5.74, 6) is 0.439. The van der Waals surface area contributed by atoms with Crippen molar-refractivity contribution in [2.24, 2.45) is 0 Å². The van der Waals surface area contributed by atoms with Gasteiger partial charge < -0.3 is 14.9 Å². The van der Waals surface area contributed by atoms with Crippen LogP contribution in [0.2, 0.25) is 0 Å². The van der Waals surface area contributed by atoms with Crippen molar-refractivity contribution in [1.82, 2.24) is 0 Å². The van der Waals surface area contributed by atoms with E-state index < -0.39 is 0 Å². The van der Waals surface area contributed by atoms with Gasteiger partial charge in [-0.15, -0.1) is 0 Å². The van der Waals surface area contributed by atoms with Crippen LogP contribution in [-0.2, 0) is 0 Å². The third kappa shape index (κ3) is 2.25. The van der Waals surface area contributed by atoms with E-state index in [1.807, 2.05) is 37.3 Å². The maximum absolute atomic E-state index is 9.99. The van der Waals surface area contributed by atoms with E-state index in [-0.39, 0.29) is 23.2 Å². The third-order valence-electron chi connectivity index (χ3n) is 3.09. The number of benzene rings is 2. The molecule has 0 radical (unpaired) electrons. The zero-order valence-electron chi connectivity index (χ0n) is 10.4. The summed E-state index contributed by atoms with van der Waals surface area (Å²) in [6, 6.07) is 12.8. The fraction of sp³-hybridized carbons (Fsp3) is 0.200. The number of phenolic OH excluding ortho intramolecular Hbond substituents is 2. The highest BCUT2D eigenvalue weighted by Crippen LogP contribution is 2.38. The maximum atomic E-state index is 9.99. The fourth-order valence-electron chi connectivity index (χ4n) is 2.01. The summed E-state index contributed by atoms with van der Waals surface area (Å²) in [5.41, 5.74) is 1.76. The number of rotatable bonds is 3. The summed E-state index contributed by atoms with van der Waals surface area (Å²) >= 11 is 0. The molecular weight excluding hydrogens is 228 g/mol. The van der Waals surface area contributed by atoms with E-state index in [0.29, 0.717) is 5.56 Å². The first-order chi connectivity index (χ1) is 8.63. The van der Waals surface area contributed by atoms with E-state index >= 15 is 0 Å². The van der Waals surface area contributed by atoms with Gasteiger partial charge in [0.25, 0.3) is 0 Å². The van der Waals surface area contributed by atoms with Crippen LogP contribution in [0.15, 0.2) is 42.5 Å². The van der Waals surface area contributed by atoms with Gasteiger partial charge in [-0.1, -0.05) is 37.3 Å². The Bertz CT molecular complexity index is 535. The molecule has 3 nitrogen and oxygen atoms in total. The minimum Gasteiger partial charge on any atom is -0.508 e. The highest BCUT2D eigenvalue weighted by atomic mass is 16.5. The molecule has 0 aliphatic rings. The number of hydrogen-bond acceptors (Lipinski definition) is 3. The largest absolute Gasteiger partial charge is 0.508 e. The molecule has 0 bridgehead atoms. The van der Waals surface area contributed by atoms with Crippen LogP contribution in [0.3, 0.4) is 0 Å². The van der Waals surface area contributed by atoms with Gasteiger partial charge in [0.05, 0.1) is 7.11 Å². The molecule has 0 aliphatic carbocycles. The molecule has 0 aliphatic heterocycles. The van der Waals surface area contributed by atoms with Crippen LogP contribution >= 0.6 is 0 Å². The smallest absolute Gasteiger partial charge is 0.164 e. The molecule has 2 aromatic carbocycles. The summed E-state index contributed by atoms with van der Waals surface area (Å²) in [6.07, 6.45) is 0. The van der Waals surface area contributed by atoms with Crippen molar-refractivity contribution in [1.29, 1.82) is 0 Å². The van der Waals surface area contributed by atoms with Crippen LogP contribution in [-0.4, -0.2) is 17.3 Å². The molecule has 0 heterocycles. The lowest BCUT2D eigenvalue weighted by Gasteiger charge is -2.15. The second-order valence-corrected chi connectivity index (χ2v) is 4.22. The Morgan fingerprint density at radius 2 is 1.67 bits per heavy atom. The lowest BCUT2D eigenvalue weighted by molar-refractivity contribution is 0.367. The highest BCUT2D eigenvalue weighted by molar-refractivity contribution is 5.52. The quantitative estimate of drug-likeness (QED) is 0.815. The summed E-state index contributed by atoms with van der Waals surface area (Å²) in [6.45, 7) is 1.98. The summed E-state index contributed by atoms with van der Waals surface area (Å²) < 4.78 is 4.96. The topological polar surface area (TPSA) is 49.7 Å². The van der Waals surface area contributed by atoms with Gasteiger partial charge in [-0.25, -0.2) is 0 Å². The second-order valence-electron chi connectivity index (χ2n) is 4.22. The van der Waals surface area contributed by atoms with Crippen molar-refractivity contribution in [3.63, 3.8) is 0 Å². The number of methoxy groups -OCH3 is 1. The molecule has 94 valence electrons. The molecule has 3 heteroatoms. The van der Waals surface area contributed by atoms with Crippen molar-refractivity contribution in [2.45, 2.75) is 12.8 Å². The normalized spacial score (nSPS) is 12.1. The molecule has 0 saturated carbocycles. The SMILES string of the molecule is COc1cc(O)c(C(C)c2ccccc2)cc1O. The van der Waals surface area contributed by atoms with E-state index in [1.54, 1.807) is 6.07 Å². The molecule has 2 N–H and O–H groups in total. The fourth-order valence-corrected chi connectivity index (χ4v) is 2.01. The van der Waals surface area contributed by atoms with Gasteiger partial charge in [-0.2, -0.15) is 0 Å². The summed E-state index contributed by atoms with van der Waals surface area (Å²) in [4.78, 5) is 0. The van der Waals surface area contributed by atoms with E-state index in [0.717, 1.165) is 5.56 Å². The van der Waals surface area contributed by atoms with Gasteiger partial charge in [0.15, 0.2) is 11.5 Å². The maximum Gasteiger partial charge on any atom is 0.164 e. The molecule has 0 aromatic heterocycles. The number of phenols is 2. The van der Waals surface area contributed by atoms with Gasteiger partial charge >= 0.3 is 0 Å². The van der Waals surface area contributed by atoms with Crippen molar-refractivity contribution < 1.29 is 14.9 Å². The number of hydrogen-bond donors (Lipinski definition) is 2. The van der Waals surface area contributed by atoms with Gasteiger partial charge in [-0.05, 0) is 11.6 Å². The average molecular weight is 244 g/mol. The molecule has 18 heavy (non-hydrogen) atoms. The standard InChI is InChI=1S/C15H16O3/c1-10(11-6-4-3-5-7-11)12-8-14(17)15(18-2)9-13(12)16/h3-10,16-17H,1-2H3. The van der Waals surface area contributed by atoms with Crippen molar-refractivity contribution in [3.05, 3.63) is 53.6 Å². The van der Waals surface area contributed by atoms with Crippen LogP contribution in [0.5, 0.6) is 17.2 Å². The van der Waals surface area contributed by atoms with Crippen molar-refractivity contribution in [3.8, 4) is 17.2 Å². The van der Waals surface area contributed by atoms with E-state index in [9.17, 15) is 10.2 Å². The molecule has 2 aromatic rings. The Morgan fingerprint density at radius 3 is 2.28 bits per heavy atom. The molecule has 0 spiro atoms.